The summed E-state index contributed by atoms with van der Waals surface area (Å²) in [5.41, 5.74) is 12.4. The van der Waals surface area contributed by atoms with Gasteiger partial charge < -0.3 is 11.1 Å². The van der Waals surface area contributed by atoms with Gasteiger partial charge in [0.05, 0.1) is 6.04 Å². The normalized spacial score (nSPS) is 17.4. The summed E-state index contributed by atoms with van der Waals surface area (Å²) >= 11 is 1.84. The van der Waals surface area contributed by atoms with Crippen LogP contribution in [0.5, 0.6) is 0 Å². The molecule has 2 aromatic carbocycles. The fourth-order valence-electron chi connectivity index (χ4n) is 3.32. The van der Waals surface area contributed by atoms with E-state index in [0.717, 1.165) is 17.0 Å². The van der Waals surface area contributed by atoms with Crippen LogP contribution in [-0.4, -0.2) is 6.04 Å². The van der Waals surface area contributed by atoms with Crippen molar-refractivity contribution in [2.45, 2.75) is 16.7 Å². The molecule has 0 aromatic heterocycles. The average molecular weight is 397 g/mol. The van der Waals surface area contributed by atoms with E-state index in [9.17, 15) is 0 Å². The molecule has 0 amide bonds. The molecule has 144 valence electrons. The number of hydrogen-bond donors (Lipinski definition) is 2. The third kappa shape index (κ3) is 4.82. The number of dihydropyridines is 1. The smallest absolute Gasteiger partial charge is 0.0701 e. The lowest BCUT2D eigenvalue weighted by Crippen LogP contribution is -2.30. The number of fused-ring (bicyclic) bond motifs is 1. The molecule has 1 heterocycles. The van der Waals surface area contributed by atoms with Crippen LogP contribution in [0, 0.1) is 0 Å². The number of rotatable bonds is 6. The number of thioether (sulfide) groups is 1. The zero-order chi connectivity index (χ0) is 20.1. The monoisotopic (exact) mass is 396 g/mol. The second kappa shape index (κ2) is 8.89. The van der Waals surface area contributed by atoms with Gasteiger partial charge in [-0.15, -0.1) is 11.8 Å². The first-order valence-corrected chi connectivity index (χ1v) is 10.6. The summed E-state index contributed by atoms with van der Waals surface area (Å²) in [4.78, 5) is 1.22. The molecule has 0 fully saturated rings. The van der Waals surface area contributed by atoms with Crippen molar-refractivity contribution < 1.29 is 0 Å². The summed E-state index contributed by atoms with van der Waals surface area (Å²) in [6, 6.07) is 17.3. The van der Waals surface area contributed by atoms with Crippen LogP contribution in [0.2, 0.25) is 0 Å². The molecule has 29 heavy (non-hydrogen) atoms. The van der Waals surface area contributed by atoms with Crippen LogP contribution in [0.4, 0.5) is 0 Å². The van der Waals surface area contributed by atoms with Crippen LogP contribution in [0.15, 0.2) is 114 Å². The maximum Gasteiger partial charge on any atom is 0.0701 e. The van der Waals surface area contributed by atoms with Crippen molar-refractivity contribution in [2.24, 2.45) is 5.73 Å². The molecule has 2 aliphatic rings. The maximum absolute atomic E-state index is 5.74. The Balaban J connectivity index is 1.63. The maximum atomic E-state index is 5.74. The Morgan fingerprint density at radius 3 is 2.79 bits per heavy atom. The summed E-state index contributed by atoms with van der Waals surface area (Å²) in [5.74, 6) is 0.918. The third-order valence-corrected chi connectivity index (χ3v) is 6.00. The van der Waals surface area contributed by atoms with E-state index in [2.05, 4.69) is 90.8 Å². The van der Waals surface area contributed by atoms with Gasteiger partial charge in [0.15, 0.2) is 0 Å². The number of allylic oxidation sites excluding steroid dienone is 5. The zero-order valence-corrected chi connectivity index (χ0v) is 17.0. The van der Waals surface area contributed by atoms with Crippen LogP contribution in [-0.2, 0) is 5.75 Å². The first kappa shape index (κ1) is 19.2. The van der Waals surface area contributed by atoms with E-state index >= 15 is 0 Å². The van der Waals surface area contributed by atoms with Crippen molar-refractivity contribution in [3.63, 3.8) is 0 Å². The van der Waals surface area contributed by atoms with Crippen LogP contribution in [0.25, 0.3) is 11.8 Å². The topological polar surface area (TPSA) is 38.0 Å². The van der Waals surface area contributed by atoms with E-state index in [1.807, 2.05) is 30.0 Å². The molecule has 0 radical (unpaired) electrons. The second-order valence-electron chi connectivity index (χ2n) is 7.05. The summed E-state index contributed by atoms with van der Waals surface area (Å²) in [6.45, 7) is 3.77. The molecule has 3 heteroatoms. The van der Waals surface area contributed by atoms with Gasteiger partial charge in [-0.1, -0.05) is 85.5 Å². The zero-order valence-electron chi connectivity index (χ0n) is 16.2. The third-order valence-electron chi connectivity index (χ3n) is 4.85. The summed E-state index contributed by atoms with van der Waals surface area (Å²) in [6.07, 6.45) is 16.8. The summed E-state index contributed by atoms with van der Waals surface area (Å²) in [5, 5.41) is 3.64. The standard InChI is InChI=1S/C26H24N2S/c1-19(27)11-12-22-13-14-23(17-26(22)29-18-20-7-3-2-4-8-20)25-16-15-21-9-5-6-10-24(21)28-25/h2-17,24,28H,1,18,27H2/b12-11-. The SMILES string of the molecule is C=C(N)/C=C\c1ccc(C2=CC=C3C=CC=CC3N2)cc1SCc1ccccc1. The molecule has 0 saturated carbocycles. The first-order chi connectivity index (χ1) is 14.2. The number of hydrogen-bond acceptors (Lipinski definition) is 3. The molecule has 4 rings (SSSR count). The molecule has 3 N–H and O–H groups in total. The van der Waals surface area contributed by atoms with E-state index in [4.69, 9.17) is 5.73 Å². The van der Waals surface area contributed by atoms with Crippen LogP contribution < -0.4 is 11.1 Å². The lowest BCUT2D eigenvalue weighted by atomic mass is 9.96. The number of nitrogens with two attached hydrogens (primary N) is 1. The first-order valence-electron chi connectivity index (χ1n) is 9.66. The minimum absolute atomic E-state index is 0.237. The van der Waals surface area contributed by atoms with Gasteiger partial charge in [-0.05, 0) is 40.5 Å². The largest absolute Gasteiger partial charge is 0.399 e. The van der Waals surface area contributed by atoms with Gasteiger partial charge in [-0.3, -0.25) is 0 Å². The Bertz CT molecular complexity index is 1060. The van der Waals surface area contributed by atoms with Crippen LogP contribution >= 0.6 is 11.8 Å². The van der Waals surface area contributed by atoms with Crippen molar-refractivity contribution in [1.82, 2.24) is 5.32 Å². The van der Waals surface area contributed by atoms with Gasteiger partial charge in [0, 0.05) is 22.0 Å². The van der Waals surface area contributed by atoms with Crippen LogP contribution in [0.1, 0.15) is 16.7 Å². The number of nitrogens with one attached hydrogen (secondary N) is 1. The van der Waals surface area contributed by atoms with Gasteiger partial charge >= 0.3 is 0 Å². The average Bonchev–Trinajstić information content (AvgIpc) is 2.77. The van der Waals surface area contributed by atoms with Gasteiger partial charge in [-0.25, -0.2) is 0 Å². The molecule has 2 nitrogen and oxygen atoms in total. The summed E-state index contributed by atoms with van der Waals surface area (Å²) < 4.78 is 0. The molecule has 2 aromatic rings. The lowest BCUT2D eigenvalue weighted by molar-refractivity contribution is 0.812. The van der Waals surface area contributed by atoms with Gasteiger partial charge in [0.2, 0.25) is 0 Å². The molecule has 0 saturated heterocycles. The predicted molar refractivity (Wildman–Crippen MR) is 126 cm³/mol. The van der Waals surface area contributed by atoms with E-state index in [-0.39, 0.29) is 6.04 Å². The van der Waals surface area contributed by atoms with Gasteiger partial charge in [-0.2, -0.15) is 0 Å². The van der Waals surface area contributed by atoms with Crippen molar-refractivity contribution in [3.8, 4) is 0 Å². The number of benzene rings is 2. The Labute approximate surface area is 176 Å². The molecular formula is C26H24N2S. The Hall–Kier alpha value is -3.17. The van der Waals surface area contributed by atoms with Crippen molar-refractivity contribution in [2.75, 3.05) is 0 Å². The quantitative estimate of drug-likeness (QED) is 0.477. The van der Waals surface area contributed by atoms with Crippen LogP contribution in [0.3, 0.4) is 0 Å². The molecule has 1 aliphatic heterocycles. The fraction of sp³-hybridized carbons (Fsp3) is 0.0769. The Kier molecular flexibility index (Phi) is 5.87. The second-order valence-corrected chi connectivity index (χ2v) is 8.07. The molecule has 1 aliphatic carbocycles. The van der Waals surface area contributed by atoms with E-state index in [1.165, 1.54) is 21.6 Å². The van der Waals surface area contributed by atoms with E-state index < -0.39 is 0 Å². The van der Waals surface area contributed by atoms with Crippen molar-refractivity contribution >= 4 is 23.5 Å². The molecule has 0 spiro atoms. The highest BCUT2D eigenvalue weighted by Crippen LogP contribution is 2.31. The van der Waals surface area contributed by atoms with Crippen molar-refractivity contribution in [1.29, 1.82) is 0 Å². The molecule has 0 bridgehead atoms. The minimum Gasteiger partial charge on any atom is -0.399 e. The van der Waals surface area contributed by atoms with Gasteiger partial charge in [0.25, 0.3) is 0 Å². The fourth-order valence-corrected chi connectivity index (χ4v) is 4.35. The van der Waals surface area contributed by atoms with E-state index in [1.54, 1.807) is 0 Å². The Morgan fingerprint density at radius 2 is 1.97 bits per heavy atom. The van der Waals surface area contributed by atoms with Crippen molar-refractivity contribution in [3.05, 3.63) is 126 Å². The highest BCUT2D eigenvalue weighted by Gasteiger charge is 2.17. The predicted octanol–water partition coefficient (Wildman–Crippen LogP) is 5.83. The molecule has 1 atom stereocenters. The highest BCUT2D eigenvalue weighted by molar-refractivity contribution is 7.98. The van der Waals surface area contributed by atoms with Gasteiger partial charge in [0.1, 0.15) is 0 Å². The minimum atomic E-state index is 0.237. The summed E-state index contributed by atoms with van der Waals surface area (Å²) in [7, 11) is 0. The molecule has 1 unspecified atom stereocenters. The lowest BCUT2D eigenvalue weighted by Gasteiger charge is -2.25. The van der Waals surface area contributed by atoms with E-state index in [0.29, 0.717) is 5.70 Å². The highest BCUT2D eigenvalue weighted by atomic mass is 32.2. The Morgan fingerprint density at radius 1 is 1.10 bits per heavy atom. The molecular weight excluding hydrogens is 372 g/mol.